The number of halogens is 3. The van der Waals surface area contributed by atoms with Gasteiger partial charge in [0.1, 0.15) is 0 Å². The van der Waals surface area contributed by atoms with Crippen LogP contribution in [0.15, 0.2) is 41.3 Å². The third-order valence-corrected chi connectivity index (χ3v) is 8.83. The third-order valence-electron chi connectivity index (χ3n) is 6.95. The molecular formula is C22H29F3N2O3S. The van der Waals surface area contributed by atoms with E-state index in [0.717, 1.165) is 63.0 Å². The number of hydrogen-bond donors (Lipinski definition) is 1. The molecule has 3 saturated heterocycles. The Bertz CT molecular complexity index is 900. The molecule has 31 heavy (non-hydrogen) atoms. The van der Waals surface area contributed by atoms with Crippen LogP contribution in [0, 0.1) is 11.8 Å². The van der Waals surface area contributed by atoms with Crippen molar-refractivity contribution in [1.82, 2.24) is 9.21 Å². The number of piperidine rings is 3. The summed E-state index contributed by atoms with van der Waals surface area (Å²) < 4.78 is 67.5. The van der Waals surface area contributed by atoms with Gasteiger partial charge in [-0.3, -0.25) is 4.90 Å². The number of nitrogens with zero attached hydrogens (tertiary/aromatic N) is 2. The quantitative estimate of drug-likeness (QED) is 0.686. The monoisotopic (exact) mass is 458 g/mol. The fourth-order valence-electron chi connectivity index (χ4n) is 5.65. The smallest absolute Gasteiger partial charge is 0.396 e. The minimum atomic E-state index is -4.51. The SMILES string of the molecule is O=S(=O)(c1ccc(C(F)(F)F)cc1)N1C[C@@H]2CCCN3CCC[C@@H]([C@H]23)[C@H]1/C=C\CCO. The fraction of sp³-hybridized carbons (Fsp3) is 0.636. The van der Waals surface area contributed by atoms with Crippen molar-refractivity contribution in [3.05, 3.63) is 42.0 Å². The number of benzene rings is 1. The maximum Gasteiger partial charge on any atom is 0.416 e. The lowest BCUT2D eigenvalue weighted by atomic mass is 9.70. The number of aliphatic hydroxyl groups excluding tert-OH is 1. The molecule has 3 fully saturated rings. The lowest BCUT2D eigenvalue weighted by molar-refractivity contribution is -0.137. The molecule has 3 heterocycles. The molecule has 3 aliphatic rings. The second-order valence-electron chi connectivity index (χ2n) is 8.76. The predicted octanol–water partition coefficient (Wildman–Crippen LogP) is 3.51. The second-order valence-corrected chi connectivity index (χ2v) is 10.7. The Kier molecular flexibility index (Phi) is 6.49. The van der Waals surface area contributed by atoms with Crippen LogP contribution in [-0.2, 0) is 16.2 Å². The van der Waals surface area contributed by atoms with E-state index in [0.29, 0.717) is 19.0 Å². The summed E-state index contributed by atoms with van der Waals surface area (Å²) in [7, 11) is -3.96. The number of aliphatic hydroxyl groups is 1. The molecule has 1 N–H and O–H groups in total. The van der Waals surface area contributed by atoms with Crippen LogP contribution in [0.1, 0.15) is 37.7 Å². The van der Waals surface area contributed by atoms with E-state index in [1.54, 1.807) is 0 Å². The van der Waals surface area contributed by atoms with Gasteiger partial charge in [0.15, 0.2) is 0 Å². The van der Waals surface area contributed by atoms with Crippen LogP contribution in [0.3, 0.4) is 0 Å². The van der Waals surface area contributed by atoms with Crippen LogP contribution in [0.25, 0.3) is 0 Å². The van der Waals surface area contributed by atoms with E-state index < -0.39 is 21.8 Å². The molecule has 0 saturated carbocycles. The van der Waals surface area contributed by atoms with Crippen molar-refractivity contribution in [1.29, 1.82) is 0 Å². The van der Waals surface area contributed by atoms with Gasteiger partial charge in [-0.15, -0.1) is 0 Å². The van der Waals surface area contributed by atoms with E-state index in [4.69, 9.17) is 0 Å². The van der Waals surface area contributed by atoms with Crippen LogP contribution < -0.4 is 0 Å². The van der Waals surface area contributed by atoms with Gasteiger partial charge >= 0.3 is 6.18 Å². The Labute approximate surface area is 181 Å². The first-order valence-electron chi connectivity index (χ1n) is 10.9. The van der Waals surface area contributed by atoms with Crippen molar-refractivity contribution in [2.45, 2.75) is 55.3 Å². The topological polar surface area (TPSA) is 60.9 Å². The van der Waals surface area contributed by atoms with E-state index in [1.807, 2.05) is 12.2 Å². The first-order chi connectivity index (χ1) is 14.7. The molecule has 9 heteroatoms. The molecule has 0 spiro atoms. The molecule has 1 aromatic rings. The third kappa shape index (κ3) is 4.42. The number of hydrogen-bond acceptors (Lipinski definition) is 4. The van der Waals surface area contributed by atoms with Crippen molar-refractivity contribution < 1.29 is 26.7 Å². The predicted molar refractivity (Wildman–Crippen MR) is 111 cm³/mol. The van der Waals surface area contributed by atoms with Gasteiger partial charge in [-0.1, -0.05) is 12.2 Å². The molecule has 172 valence electrons. The van der Waals surface area contributed by atoms with E-state index >= 15 is 0 Å². The normalized spacial score (nSPS) is 30.5. The van der Waals surface area contributed by atoms with Gasteiger partial charge in [0.25, 0.3) is 0 Å². The van der Waals surface area contributed by atoms with Gasteiger partial charge in [-0.2, -0.15) is 17.5 Å². The van der Waals surface area contributed by atoms with Crippen molar-refractivity contribution >= 4 is 10.0 Å². The Morgan fingerprint density at radius 1 is 1.10 bits per heavy atom. The van der Waals surface area contributed by atoms with Gasteiger partial charge in [0.05, 0.1) is 10.5 Å². The van der Waals surface area contributed by atoms with Crippen LogP contribution >= 0.6 is 0 Å². The van der Waals surface area contributed by atoms with Crippen molar-refractivity contribution in [2.24, 2.45) is 11.8 Å². The fourth-order valence-corrected chi connectivity index (χ4v) is 7.34. The van der Waals surface area contributed by atoms with Crippen LogP contribution in [0.5, 0.6) is 0 Å². The molecule has 4 rings (SSSR count). The van der Waals surface area contributed by atoms with E-state index in [-0.39, 0.29) is 29.4 Å². The largest absolute Gasteiger partial charge is 0.416 e. The summed E-state index contributed by atoms with van der Waals surface area (Å²) in [4.78, 5) is 2.39. The summed E-state index contributed by atoms with van der Waals surface area (Å²) in [6, 6.07) is 3.77. The van der Waals surface area contributed by atoms with Gasteiger partial charge in [0, 0.05) is 25.2 Å². The average Bonchev–Trinajstić information content (AvgIpc) is 2.75. The van der Waals surface area contributed by atoms with E-state index in [1.165, 1.54) is 4.31 Å². The van der Waals surface area contributed by atoms with Crippen molar-refractivity contribution in [3.63, 3.8) is 0 Å². The summed E-state index contributed by atoms with van der Waals surface area (Å²) in [6.07, 6.45) is 3.56. The van der Waals surface area contributed by atoms with Gasteiger partial charge in [0.2, 0.25) is 10.0 Å². The van der Waals surface area contributed by atoms with Gasteiger partial charge in [-0.05, 0) is 81.3 Å². The van der Waals surface area contributed by atoms with Crippen molar-refractivity contribution in [3.8, 4) is 0 Å². The molecule has 5 nitrogen and oxygen atoms in total. The molecule has 1 aromatic carbocycles. The summed E-state index contributed by atoms with van der Waals surface area (Å²) in [5, 5.41) is 9.17. The zero-order valence-electron chi connectivity index (χ0n) is 17.3. The number of rotatable bonds is 5. The molecular weight excluding hydrogens is 429 g/mol. The van der Waals surface area contributed by atoms with Crippen molar-refractivity contribution in [2.75, 3.05) is 26.2 Å². The minimum absolute atomic E-state index is 0.0162. The number of alkyl halides is 3. The Morgan fingerprint density at radius 3 is 2.42 bits per heavy atom. The number of sulfonamides is 1. The first kappa shape index (κ1) is 22.8. The Hall–Kier alpha value is -1.42. The molecule has 0 bridgehead atoms. The molecule has 0 unspecified atom stereocenters. The van der Waals surface area contributed by atoms with Crippen LogP contribution in [0.2, 0.25) is 0 Å². The highest BCUT2D eigenvalue weighted by atomic mass is 32.2. The molecule has 0 radical (unpaired) electrons. The Balaban J connectivity index is 1.69. The molecule has 0 aliphatic carbocycles. The van der Waals surface area contributed by atoms with E-state index in [2.05, 4.69) is 4.90 Å². The molecule has 3 aliphatic heterocycles. The average molecular weight is 459 g/mol. The summed E-state index contributed by atoms with van der Waals surface area (Å²) in [5.74, 6) is 0.373. The highest BCUT2D eigenvalue weighted by Crippen LogP contribution is 2.44. The first-order valence-corrected chi connectivity index (χ1v) is 12.4. The zero-order valence-corrected chi connectivity index (χ0v) is 18.2. The highest BCUT2D eigenvalue weighted by molar-refractivity contribution is 7.89. The van der Waals surface area contributed by atoms with E-state index in [9.17, 15) is 26.7 Å². The summed E-state index contributed by atoms with van der Waals surface area (Å²) in [6.45, 7) is 2.43. The van der Waals surface area contributed by atoms with Crippen LogP contribution in [0.4, 0.5) is 13.2 Å². The lowest BCUT2D eigenvalue weighted by Crippen LogP contribution is -2.65. The van der Waals surface area contributed by atoms with Gasteiger partial charge in [-0.25, -0.2) is 8.42 Å². The molecule has 4 atom stereocenters. The standard InChI is InChI=1S/C22H29F3N2O3S/c23-22(24,25)17-8-10-18(11-9-17)31(29,30)27-15-16-5-3-12-26-13-4-6-19(21(16)26)20(27)7-1-2-14-28/h1,7-11,16,19-21,28H,2-6,12-15H2/b7-1-/t16-,19+,20+,21-/m0/s1. The second kappa shape index (κ2) is 8.84. The highest BCUT2D eigenvalue weighted by Gasteiger charge is 2.51. The lowest BCUT2D eigenvalue weighted by Gasteiger charge is -2.56. The van der Waals surface area contributed by atoms with Crippen LogP contribution in [-0.4, -0.2) is 61.1 Å². The molecule has 0 amide bonds. The maximum absolute atomic E-state index is 13.6. The summed E-state index contributed by atoms with van der Waals surface area (Å²) >= 11 is 0. The molecule has 0 aromatic heterocycles. The zero-order chi connectivity index (χ0) is 22.2. The maximum atomic E-state index is 13.6. The Morgan fingerprint density at radius 2 is 1.77 bits per heavy atom. The van der Waals surface area contributed by atoms with Gasteiger partial charge < -0.3 is 5.11 Å². The minimum Gasteiger partial charge on any atom is -0.396 e. The summed E-state index contributed by atoms with van der Waals surface area (Å²) in [5.41, 5.74) is -0.861.